The van der Waals surface area contributed by atoms with Crippen LogP contribution in [-0.4, -0.2) is 94.3 Å². The smallest absolute Gasteiger partial charge is 0.386 e. The van der Waals surface area contributed by atoms with E-state index in [-0.39, 0.29) is 0 Å². The Balaban J connectivity index is 2.84. The number of likely N-dealkylation sites (N-methyl/N-ethyl adjacent to an activating group) is 1. The normalized spacial score (nSPS) is 18.2. The molecule has 24 heavy (non-hydrogen) atoms. The van der Waals surface area contributed by atoms with Crippen LogP contribution in [0.3, 0.4) is 0 Å². The van der Waals surface area contributed by atoms with Gasteiger partial charge in [-0.15, -0.1) is 0 Å². The van der Waals surface area contributed by atoms with Crippen LogP contribution in [0.2, 0.25) is 12.1 Å². The molecule has 1 saturated heterocycles. The molecule has 0 aromatic heterocycles. The molecular weight excluding hydrogens is 344 g/mol. The van der Waals surface area contributed by atoms with Crippen molar-refractivity contribution in [3.05, 3.63) is 0 Å². The SMILES string of the molecule is CCO[Si](CC[Si](OC)(OC)N1CCN(C)CC1)(OCC)OCC. The van der Waals surface area contributed by atoms with Crippen molar-refractivity contribution >= 4 is 17.5 Å². The van der Waals surface area contributed by atoms with E-state index in [4.69, 9.17) is 22.1 Å². The molecule has 0 aromatic carbocycles. The van der Waals surface area contributed by atoms with Crippen LogP contribution in [0.4, 0.5) is 0 Å². The van der Waals surface area contributed by atoms with Crippen LogP contribution in [0.5, 0.6) is 0 Å². The zero-order valence-electron chi connectivity index (χ0n) is 16.3. The second kappa shape index (κ2) is 11.0. The summed E-state index contributed by atoms with van der Waals surface area (Å²) in [4.78, 5) is 2.33. The third-order valence-corrected chi connectivity index (χ3v) is 11.6. The van der Waals surface area contributed by atoms with Crippen molar-refractivity contribution in [3.8, 4) is 0 Å². The standard InChI is InChI=1S/C15H36N2O5Si2/c1-7-20-24(21-8-2,22-9-3)15-14-23(18-5,19-6)17-12-10-16(4)11-13-17/h7-15H2,1-6H3. The highest BCUT2D eigenvalue weighted by Crippen LogP contribution is 2.27. The average Bonchev–Trinajstić information content (AvgIpc) is 2.58. The van der Waals surface area contributed by atoms with Gasteiger partial charge in [0.2, 0.25) is 0 Å². The summed E-state index contributed by atoms with van der Waals surface area (Å²) in [5.41, 5.74) is 0. The Kier molecular flexibility index (Phi) is 10.2. The highest BCUT2D eigenvalue weighted by molar-refractivity contribution is 6.68. The zero-order chi connectivity index (χ0) is 18.1. The molecule has 0 N–H and O–H groups in total. The summed E-state index contributed by atoms with van der Waals surface area (Å²) in [6, 6.07) is 1.51. The minimum Gasteiger partial charge on any atom is -0.386 e. The summed E-state index contributed by atoms with van der Waals surface area (Å²) in [5.74, 6) is 0. The maximum absolute atomic E-state index is 5.98. The second-order valence-electron chi connectivity index (χ2n) is 5.89. The molecule has 9 heteroatoms. The van der Waals surface area contributed by atoms with E-state index in [1.807, 2.05) is 20.8 Å². The lowest BCUT2D eigenvalue weighted by Crippen LogP contribution is -2.63. The van der Waals surface area contributed by atoms with Crippen molar-refractivity contribution in [3.63, 3.8) is 0 Å². The first-order valence-electron chi connectivity index (χ1n) is 8.97. The summed E-state index contributed by atoms with van der Waals surface area (Å²) < 4.78 is 32.3. The molecule has 0 atom stereocenters. The monoisotopic (exact) mass is 380 g/mol. The van der Waals surface area contributed by atoms with Gasteiger partial charge in [-0.2, -0.15) is 0 Å². The molecular formula is C15H36N2O5Si2. The van der Waals surface area contributed by atoms with Gasteiger partial charge in [0.15, 0.2) is 0 Å². The summed E-state index contributed by atoms with van der Waals surface area (Å²) in [6.45, 7) is 11.7. The fourth-order valence-corrected chi connectivity index (χ4v) is 9.94. The van der Waals surface area contributed by atoms with Gasteiger partial charge in [-0.3, -0.25) is 4.57 Å². The molecule has 0 amide bonds. The van der Waals surface area contributed by atoms with Gasteiger partial charge in [0.05, 0.1) is 0 Å². The van der Waals surface area contributed by atoms with Gasteiger partial charge in [0.1, 0.15) is 0 Å². The van der Waals surface area contributed by atoms with Crippen molar-refractivity contribution in [2.24, 2.45) is 0 Å². The molecule has 1 aliphatic rings. The largest absolute Gasteiger partial charge is 0.500 e. The van der Waals surface area contributed by atoms with E-state index in [0.717, 1.165) is 38.3 Å². The van der Waals surface area contributed by atoms with Crippen LogP contribution in [-0.2, 0) is 22.1 Å². The van der Waals surface area contributed by atoms with E-state index < -0.39 is 17.5 Å². The maximum atomic E-state index is 5.98. The third-order valence-electron chi connectivity index (χ3n) is 4.46. The predicted octanol–water partition coefficient (Wildman–Crippen LogP) is 1.51. The van der Waals surface area contributed by atoms with Gasteiger partial charge < -0.3 is 27.0 Å². The van der Waals surface area contributed by atoms with Crippen LogP contribution < -0.4 is 0 Å². The van der Waals surface area contributed by atoms with E-state index in [2.05, 4.69) is 16.5 Å². The zero-order valence-corrected chi connectivity index (χ0v) is 18.3. The third kappa shape index (κ3) is 5.85. The quantitative estimate of drug-likeness (QED) is 0.476. The fraction of sp³-hybridized carbons (Fsp3) is 1.00. The number of piperazine rings is 1. The van der Waals surface area contributed by atoms with Crippen molar-refractivity contribution in [1.29, 1.82) is 0 Å². The summed E-state index contributed by atoms with van der Waals surface area (Å²) in [6.07, 6.45) is 0. The van der Waals surface area contributed by atoms with Crippen LogP contribution in [0.25, 0.3) is 0 Å². The fourth-order valence-electron chi connectivity index (χ4n) is 3.16. The van der Waals surface area contributed by atoms with Gasteiger partial charge in [-0.1, -0.05) is 0 Å². The molecule has 0 radical (unpaired) electrons. The van der Waals surface area contributed by atoms with Crippen LogP contribution >= 0.6 is 0 Å². The molecule has 1 fully saturated rings. The molecule has 7 nitrogen and oxygen atoms in total. The molecule has 1 aliphatic heterocycles. The van der Waals surface area contributed by atoms with E-state index in [0.29, 0.717) is 19.8 Å². The Hall–Kier alpha value is 0.154. The molecule has 0 unspecified atom stereocenters. The lowest BCUT2D eigenvalue weighted by molar-refractivity contribution is 0.0696. The van der Waals surface area contributed by atoms with Gasteiger partial charge in [0.25, 0.3) is 0 Å². The molecule has 0 saturated carbocycles. The summed E-state index contributed by atoms with van der Waals surface area (Å²) in [5, 5.41) is 0. The van der Waals surface area contributed by atoms with Crippen LogP contribution in [0.15, 0.2) is 0 Å². The molecule has 1 rings (SSSR count). The van der Waals surface area contributed by atoms with E-state index in [9.17, 15) is 0 Å². The molecule has 144 valence electrons. The second-order valence-corrected chi connectivity index (χ2v) is 12.0. The molecule has 1 heterocycles. The first-order valence-corrected chi connectivity index (χ1v) is 12.9. The Morgan fingerprint density at radius 3 is 1.58 bits per heavy atom. The summed E-state index contributed by atoms with van der Waals surface area (Å²) in [7, 11) is 0.532. The average molecular weight is 381 g/mol. The van der Waals surface area contributed by atoms with Gasteiger partial charge >= 0.3 is 17.5 Å². The number of hydrogen-bond donors (Lipinski definition) is 0. The first kappa shape index (κ1) is 22.2. The van der Waals surface area contributed by atoms with Crippen molar-refractivity contribution < 1.29 is 22.1 Å². The Morgan fingerprint density at radius 2 is 1.21 bits per heavy atom. The van der Waals surface area contributed by atoms with Crippen molar-refractivity contribution in [2.75, 3.05) is 67.3 Å². The predicted molar refractivity (Wildman–Crippen MR) is 99.1 cm³/mol. The highest BCUT2D eigenvalue weighted by atomic mass is 28.4. The van der Waals surface area contributed by atoms with Gasteiger partial charge in [-0.25, -0.2) is 0 Å². The topological polar surface area (TPSA) is 52.6 Å². The molecule has 0 bridgehead atoms. The Labute approximate surface area is 149 Å². The molecule has 0 spiro atoms. The number of hydrogen-bond acceptors (Lipinski definition) is 7. The lowest BCUT2D eigenvalue weighted by Gasteiger charge is -2.43. The van der Waals surface area contributed by atoms with Gasteiger partial charge in [-0.05, 0) is 27.8 Å². The minimum absolute atomic E-state index is 0.593. The number of rotatable bonds is 12. The molecule has 0 aliphatic carbocycles. The number of nitrogens with zero attached hydrogens (tertiary/aromatic N) is 2. The van der Waals surface area contributed by atoms with Crippen LogP contribution in [0, 0.1) is 0 Å². The minimum atomic E-state index is -2.68. The Bertz CT molecular complexity index is 323. The highest BCUT2D eigenvalue weighted by Gasteiger charge is 2.50. The van der Waals surface area contributed by atoms with E-state index >= 15 is 0 Å². The van der Waals surface area contributed by atoms with Crippen molar-refractivity contribution in [1.82, 2.24) is 9.47 Å². The first-order chi connectivity index (χ1) is 11.5. The van der Waals surface area contributed by atoms with E-state index in [1.54, 1.807) is 14.2 Å². The van der Waals surface area contributed by atoms with Gasteiger partial charge in [0, 0.05) is 72.3 Å². The summed E-state index contributed by atoms with van der Waals surface area (Å²) >= 11 is 0. The molecule has 0 aromatic rings. The Morgan fingerprint density at radius 1 is 0.750 bits per heavy atom. The maximum Gasteiger partial charge on any atom is 0.500 e. The van der Waals surface area contributed by atoms with E-state index in [1.165, 1.54) is 0 Å². The van der Waals surface area contributed by atoms with Crippen molar-refractivity contribution in [2.45, 2.75) is 32.9 Å². The van der Waals surface area contributed by atoms with Crippen LogP contribution in [0.1, 0.15) is 20.8 Å². The lowest BCUT2D eigenvalue weighted by atomic mass is 10.4.